The maximum atomic E-state index is 13.2. The number of rotatable bonds is 8. The number of benzene rings is 2. The lowest BCUT2D eigenvalue weighted by Gasteiger charge is -2.38. The Kier molecular flexibility index (Phi) is 6.48. The zero-order valence-corrected chi connectivity index (χ0v) is 19.0. The molecule has 2 unspecified atom stereocenters. The fraction of sp³-hybridized carbons (Fsp3) is 0.391. The normalized spacial score (nSPS) is 21.4. The van der Waals surface area contributed by atoms with Crippen LogP contribution in [0.5, 0.6) is 11.5 Å². The van der Waals surface area contributed by atoms with Gasteiger partial charge in [0.05, 0.1) is 0 Å². The molecular weight excluding hydrogens is 463 g/mol. The molecule has 3 aromatic rings. The molecule has 3 heterocycles. The van der Waals surface area contributed by atoms with E-state index in [9.17, 15) is 9.18 Å². The lowest BCUT2D eigenvalue weighted by Crippen LogP contribution is -2.50. The standard InChI is InChI=1S/C23H24ClFN6O3/c24-15-1-8-21(14(9-15)12-26-23-27-29-30-28-23)33-13-22(32)31-17-4-5-18(31)11-20(10-17)34-19-6-2-16(25)3-7-19/h1-3,6-9,17-18,20H,4-5,10-13H2,(H2,26,27,28,29,30). The molecule has 2 aliphatic heterocycles. The Morgan fingerprint density at radius 1 is 1.18 bits per heavy atom. The van der Waals surface area contributed by atoms with Crippen LogP contribution in [0.4, 0.5) is 10.3 Å². The summed E-state index contributed by atoms with van der Waals surface area (Å²) >= 11 is 6.15. The molecule has 2 aromatic carbocycles. The predicted molar refractivity (Wildman–Crippen MR) is 122 cm³/mol. The van der Waals surface area contributed by atoms with E-state index in [1.165, 1.54) is 12.1 Å². The average molecular weight is 487 g/mol. The van der Waals surface area contributed by atoms with Crippen molar-refractivity contribution in [2.24, 2.45) is 0 Å². The van der Waals surface area contributed by atoms with Crippen LogP contribution in [-0.2, 0) is 11.3 Å². The Labute approximate surface area is 200 Å². The minimum Gasteiger partial charge on any atom is -0.490 e. The van der Waals surface area contributed by atoms with Gasteiger partial charge in [0, 0.05) is 42.1 Å². The topological polar surface area (TPSA) is 105 Å². The highest BCUT2D eigenvalue weighted by Crippen LogP contribution is 2.37. The van der Waals surface area contributed by atoms with Gasteiger partial charge in [-0.25, -0.2) is 4.39 Å². The number of hydrogen-bond acceptors (Lipinski definition) is 7. The number of anilines is 1. The number of piperidine rings is 1. The number of carbonyl (C=O) groups is 1. The average Bonchev–Trinajstić information content (AvgIpc) is 3.44. The molecule has 2 fully saturated rings. The zero-order chi connectivity index (χ0) is 23.5. The van der Waals surface area contributed by atoms with Crippen LogP contribution in [-0.4, -0.2) is 56.2 Å². The van der Waals surface area contributed by atoms with Crippen LogP contribution in [0, 0.1) is 5.82 Å². The van der Waals surface area contributed by atoms with Gasteiger partial charge in [-0.05, 0) is 60.5 Å². The number of amides is 1. The first kappa shape index (κ1) is 22.4. The summed E-state index contributed by atoms with van der Waals surface area (Å²) in [5.74, 6) is 1.24. The van der Waals surface area contributed by atoms with Crippen LogP contribution in [0.25, 0.3) is 0 Å². The van der Waals surface area contributed by atoms with Crippen LogP contribution in [0.15, 0.2) is 42.5 Å². The first-order valence-electron chi connectivity index (χ1n) is 11.2. The van der Waals surface area contributed by atoms with Crippen molar-refractivity contribution < 1.29 is 18.7 Å². The summed E-state index contributed by atoms with van der Waals surface area (Å²) in [6, 6.07) is 11.5. The van der Waals surface area contributed by atoms with Gasteiger partial charge in [0.1, 0.15) is 23.4 Å². The largest absolute Gasteiger partial charge is 0.490 e. The minimum absolute atomic E-state index is 0.00649. The van der Waals surface area contributed by atoms with Gasteiger partial charge in [0.25, 0.3) is 11.9 Å². The zero-order valence-electron chi connectivity index (χ0n) is 18.3. The number of fused-ring (bicyclic) bond motifs is 2. The number of tetrazole rings is 1. The minimum atomic E-state index is -0.290. The van der Waals surface area contributed by atoms with Crippen molar-refractivity contribution in [3.63, 3.8) is 0 Å². The molecule has 0 saturated carbocycles. The van der Waals surface area contributed by atoms with E-state index >= 15 is 0 Å². The molecule has 11 heteroatoms. The molecule has 0 radical (unpaired) electrons. The molecule has 9 nitrogen and oxygen atoms in total. The first-order valence-corrected chi connectivity index (χ1v) is 11.5. The Morgan fingerprint density at radius 2 is 1.94 bits per heavy atom. The number of nitrogens with zero attached hydrogens (tertiary/aromatic N) is 4. The molecule has 0 aliphatic carbocycles. The summed E-state index contributed by atoms with van der Waals surface area (Å²) in [4.78, 5) is 15.1. The fourth-order valence-electron chi connectivity index (χ4n) is 4.79. The Balaban J connectivity index is 1.18. The third-order valence-corrected chi connectivity index (χ3v) is 6.49. The Morgan fingerprint density at radius 3 is 2.65 bits per heavy atom. The van der Waals surface area contributed by atoms with E-state index in [2.05, 4.69) is 25.9 Å². The third kappa shape index (κ3) is 5.06. The van der Waals surface area contributed by atoms with Gasteiger partial charge in [0.2, 0.25) is 0 Å². The second-order valence-corrected chi connectivity index (χ2v) is 8.92. The molecule has 2 bridgehead atoms. The molecule has 5 rings (SSSR count). The SMILES string of the molecule is O=C(COc1ccc(Cl)cc1CNc1nn[nH]n1)N1C2CCC1CC(Oc1ccc(F)cc1)C2. The second kappa shape index (κ2) is 9.84. The predicted octanol–water partition coefficient (Wildman–Crippen LogP) is 3.58. The maximum Gasteiger partial charge on any atom is 0.263 e. The van der Waals surface area contributed by atoms with E-state index in [0.29, 0.717) is 29.0 Å². The summed E-state index contributed by atoms with van der Waals surface area (Å²) in [6.45, 7) is 0.300. The van der Waals surface area contributed by atoms with Crippen molar-refractivity contribution in [1.82, 2.24) is 25.5 Å². The van der Waals surface area contributed by atoms with Gasteiger partial charge in [0.15, 0.2) is 6.61 Å². The van der Waals surface area contributed by atoms with E-state index in [0.717, 1.165) is 31.2 Å². The molecule has 2 N–H and O–H groups in total. The van der Waals surface area contributed by atoms with Crippen LogP contribution in [0.1, 0.15) is 31.2 Å². The summed E-state index contributed by atoms with van der Waals surface area (Å²) < 4.78 is 25.1. The number of aromatic nitrogens is 4. The van der Waals surface area contributed by atoms with Crippen LogP contribution >= 0.6 is 11.6 Å². The van der Waals surface area contributed by atoms with E-state index in [4.69, 9.17) is 21.1 Å². The lowest BCUT2D eigenvalue weighted by atomic mass is 9.99. The van der Waals surface area contributed by atoms with Crippen molar-refractivity contribution in [3.05, 3.63) is 58.9 Å². The number of halogens is 2. The van der Waals surface area contributed by atoms with E-state index in [-0.39, 0.29) is 36.5 Å². The molecular formula is C23H24ClFN6O3. The van der Waals surface area contributed by atoms with Gasteiger partial charge >= 0.3 is 0 Å². The van der Waals surface area contributed by atoms with Crippen molar-refractivity contribution in [2.45, 2.75) is 50.4 Å². The Hall–Kier alpha value is -3.40. The van der Waals surface area contributed by atoms with Crippen LogP contribution in [0.2, 0.25) is 5.02 Å². The van der Waals surface area contributed by atoms with Gasteiger partial charge in [-0.3, -0.25) is 4.79 Å². The van der Waals surface area contributed by atoms with Crippen molar-refractivity contribution in [2.75, 3.05) is 11.9 Å². The molecule has 2 saturated heterocycles. The van der Waals surface area contributed by atoms with Gasteiger partial charge < -0.3 is 19.7 Å². The number of hydrogen-bond donors (Lipinski definition) is 2. The van der Waals surface area contributed by atoms with Crippen molar-refractivity contribution in [3.8, 4) is 11.5 Å². The fourth-order valence-corrected chi connectivity index (χ4v) is 4.98. The molecule has 1 amide bonds. The van der Waals surface area contributed by atoms with Gasteiger partial charge in [-0.2, -0.15) is 5.21 Å². The molecule has 2 atom stereocenters. The molecule has 2 aliphatic rings. The summed E-state index contributed by atoms with van der Waals surface area (Å²) in [7, 11) is 0. The highest BCUT2D eigenvalue weighted by atomic mass is 35.5. The number of carbonyl (C=O) groups excluding carboxylic acids is 1. The van der Waals surface area contributed by atoms with Crippen LogP contribution in [0.3, 0.4) is 0 Å². The second-order valence-electron chi connectivity index (χ2n) is 8.48. The smallest absolute Gasteiger partial charge is 0.263 e. The van der Waals surface area contributed by atoms with Crippen molar-refractivity contribution >= 4 is 23.5 Å². The number of H-pyrrole nitrogens is 1. The van der Waals surface area contributed by atoms with Gasteiger partial charge in [-0.15, -0.1) is 5.10 Å². The third-order valence-electron chi connectivity index (χ3n) is 6.25. The summed E-state index contributed by atoms with van der Waals surface area (Å²) in [5, 5.41) is 17.2. The highest BCUT2D eigenvalue weighted by Gasteiger charge is 2.44. The van der Waals surface area contributed by atoms with Gasteiger partial charge in [-0.1, -0.05) is 16.7 Å². The summed E-state index contributed by atoms with van der Waals surface area (Å²) in [5.41, 5.74) is 0.777. The Bertz CT molecular complexity index is 1120. The van der Waals surface area contributed by atoms with Crippen LogP contribution < -0.4 is 14.8 Å². The quantitative estimate of drug-likeness (QED) is 0.501. The molecule has 0 spiro atoms. The molecule has 178 valence electrons. The number of ether oxygens (including phenoxy) is 2. The van der Waals surface area contributed by atoms with Crippen molar-refractivity contribution in [1.29, 1.82) is 0 Å². The maximum absolute atomic E-state index is 13.2. The number of aromatic amines is 1. The molecule has 1 aromatic heterocycles. The lowest BCUT2D eigenvalue weighted by molar-refractivity contribution is -0.139. The summed E-state index contributed by atoms with van der Waals surface area (Å²) in [6.07, 6.45) is 3.40. The van der Waals surface area contributed by atoms with E-state index < -0.39 is 0 Å². The van der Waals surface area contributed by atoms with E-state index in [1.807, 2.05) is 4.90 Å². The number of nitrogens with one attached hydrogen (secondary N) is 2. The first-order chi connectivity index (χ1) is 16.5. The monoisotopic (exact) mass is 486 g/mol. The molecule has 34 heavy (non-hydrogen) atoms. The van der Waals surface area contributed by atoms with E-state index in [1.54, 1.807) is 30.3 Å². The highest BCUT2D eigenvalue weighted by molar-refractivity contribution is 6.30.